The molecule has 0 heterocycles. The first kappa shape index (κ1) is 17.5. The molecule has 0 aliphatic heterocycles. The Morgan fingerprint density at radius 3 is 2.65 bits per heavy atom. The van der Waals surface area contributed by atoms with Crippen molar-refractivity contribution in [1.29, 1.82) is 0 Å². The Hall–Kier alpha value is -0.570. The van der Waals surface area contributed by atoms with Crippen LogP contribution in [0.15, 0.2) is 0 Å². The molecule has 118 valence electrons. The third-order valence-electron chi connectivity index (χ3n) is 4.89. The van der Waals surface area contributed by atoms with Crippen LogP contribution in [0.1, 0.15) is 71.6 Å². The summed E-state index contributed by atoms with van der Waals surface area (Å²) < 4.78 is 0. The smallest absolute Gasteiger partial charge is 0.222 e. The van der Waals surface area contributed by atoms with Crippen molar-refractivity contribution < 1.29 is 4.79 Å². The van der Waals surface area contributed by atoms with Crippen LogP contribution in [0.4, 0.5) is 0 Å². The second kappa shape index (κ2) is 9.38. The standard InChI is InChI=1S/C17H34N2O/c1-4-6-15(11-12-18)9-10-17(20)19(3)16-8-5-7-14(2)13-16/h14-16H,4-13,18H2,1-3H3. The number of nitrogens with two attached hydrogens (primary N) is 1. The van der Waals surface area contributed by atoms with E-state index in [1.807, 2.05) is 11.9 Å². The molecule has 0 saturated heterocycles. The van der Waals surface area contributed by atoms with Gasteiger partial charge in [-0.3, -0.25) is 4.79 Å². The van der Waals surface area contributed by atoms with Gasteiger partial charge in [0.1, 0.15) is 0 Å². The molecule has 1 amide bonds. The molecule has 1 rings (SSSR count). The van der Waals surface area contributed by atoms with Crippen LogP contribution in [0.3, 0.4) is 0 Å². The molecule has 3 unspecified atom stereocenters. The summed E-state index contributed by atoms with van der Waals surface area (Å²) in [6, 6.07) is 0.477. The third-order valence-corrected chi connectivity index (χ3v) is 4.89. The highest BCUT2D eigenvalue weighted by Crippen LogP contribution is 2.27. The molecular formula is C17H34N2O. The molecule has 1 saturated carbocycles. The Morgan fingerprint density at radius 1 is 1.30 bits per heavy atom. The minimum absolute atomic E-state index is 0.335. The molecule has 20 heavy (non-hydrogen) atoms. The molecule has 2 N–H and O–H groups in total. The van der Waals surface area contributed by atoms with Crippen molar-refractivity contribution in [2.24, 2.45) is 17.6 Å². The summed E-state index contributed by atoms with van der Waals surface area (Å²) in [5.41, 5.74) is 5.66. The molecule has 1 fully saturated rings. The first-order chi connectivity index (χ1) is 9.58. The number of amides is 1. The quantitative estimate of drug-likeness (QED) is 0.740. The van der Waals surface area contributed by atoms with Gasteiger partial charge in [-0.15, -0.1) is 0 Å². The maximum Gasteiger partial charge on any atom is 0.222 e. The van der Waals surface area contributed by atoms with Crippen molar-refractivity contribution >= 4 is 5.91 Å². The lowest BCUT2D eigenvalue weighted by Gasteiger charge is -2.34. The number of nitrogens with zero attached hydrogens (tertiary/aromatic N) is 1. The summed E-state index contributed by atoms with van der Waals surface area (Å²) in [5, 5.41) is 0. The highest BCUT2D eigenvalue weighted by Gasteiger charge is 2.25. The van der Waals surface area contributed by atoms with Crippen LogP contribution in [0.5, 0.6) is 0 Å². The van der Waals surface area contributed by atoms with Crippen molar-refractivity contribution in [1.82, 2.24) is 4.90 Å². The molecule has 1 aliphatic rings. The van der Waals surface area contributed by atoms with Crippen molar-refractivity contribution in [3.05, 3.63) is 0 Å². The van der Waals surface area contributed by atoms with Crippen molar-refractivity contribution in [2.45, 2.75) is 77.7 Å². The number of hydrogen-bond donors (Lipinski definition) is 1. The van der Waals surface area contributed by atoms with Crippen molar-refractivity contribution in [3.8, 4) is 0 Å². The van der Waals surface area contributed by atoms with Gasteiger partial charge >= 0.3 is 0 Å². The summed E-state index contributed by atoms with van der Waals surface area (Å²) in [5.74, 6) is 1.74. The van der Waals surface area contributed by atoms with E-state index >= 15 is 0 Å². The Kier molecular flexibility index (Phi) is 8.20. The Balaban J connectivity index is 2.36. The molecule has 0 bridgehead atoms. The lowest BCUT2D eigenvalue weighted by Crippen LogP contribution is -2.39. The van der Waals surface area contributed by atoms with E-state index < -0.39 is 0 Å². The van der Waals surface area contributed by atoms with E-state index in [-0.39, 0.29) is 0 Å². The fourth-order valence-electron chi connectivity index (χ4n) is 3.54. The van der Waals surface area contributed by atoms with Crippen molar-refractivity contribution in [3.63, 3.8) is 0 Å². The van der Waals surface area contributed by atoms with E-state index in [2.05, 4.69) is 13.8 Å². The SMILES string of the molecule is CCCC(CCN)CCC(=O)N(C)C1CCCC(C)C1. The topological polar surface area (TPSA) is 46.3 Å². The van der Waals surface area contributed by atoms with Crippen LogP contribution in [-0.4, -0.2) is 30.4 Å². The molecule has 3 heteroatoms. The largest absolute Gasteiger partial charge is 0.343 e. The van der Waals surface area contributed by atoms with Gasteiger partial charge in [-0.25, -0.2) is 0 Å². The highest BCUT2D eigenvalue weighted by molar-refractivity contribution is 5.76. The number of hydrogen-bond acceptors (Lipinski definition) is 2. The molecule has 3 atom stereocenters. The van der Waals surface area contributed by atoms with Crippen LogP contribution in [-0.2, 0) is 4.79 Å². The highest BCUT2D eigenvalue weighted by atomic mass is 16.2. The Labute approximate surface area is 125 Å². The van der Waals surface area contributed by atoms with Gasteiger partial charge in [-0.2, -0.15) is 0 Å². The lowest BCUT2D eigenvalue weighted by atomic mass is 9.86. The van der Waals surface area contributed by atoms with E-state index in [9.17, 15) is 4.79 Å². The maximum atomic E-state index is 12.4. The van der Waals surface area contributed by atoms with E-state index in [1.165, 1.54) is 38.5 Å². The van der Waals surface area contributed by atoms with Gasteiger partial charge in [-0.05, 0) is 44.1 Å². The van der Waals surface area contributed by atoms with Crippen molar-refractivity contribution in [2.75, 3.05) is 13.6 Å². The Bertz CT molecular complexity index is 274. The van der Waals surface area contributed by atoms with Crippen LogP contribution in [0.2, 0.25) is 0 Å². The zero-order valence-electron chi connectivity index (χ0n) is 13.7. The van der Waals surface area contributed by atoms with Gasteiger partial charge in [0.2, 0.25) is 5.91 Å². The predicted octanol–water partition coefficient (Wildman–Crippen LogP) is 3.57. The zero-order chi connectivity index (χ0) is 15.0. The third kappa shape index (κ3) is 5.82. The molecule has 0 aromatic carbocycles. The molecule has 0 spiro atoms. The number of carbonyl (C=O) groups is 1. The molecular weight excluding hydrogens is 248 g/mol. The number of carbonyl (C=O) groups excluding carboxylic acids is 1. The van der Waals surface area contributed by atoms with Crippen LogP contribution in [0.25, 0.3) is 0 Å². The second-order valence-corrected chi connectivity index (χ2v) is 6.70. The van der Waals surface area contributed by atoms with Crippen LogP contribution < -0.4 is 5.73 Å². The minimum Gasteiger partial charge on any atom is -0.343 e. The van der Waals surface area contributed by atoms with Gasteiger partial charge in [-0.1, -0.05) is 39.5 Å². The van der Waals surface area contributed by atoms with Crippen LogP contribution in [0, 0.1) is 11.8 Å². The first-order valence-electron chi connectivity index (χ1n) is 8.54. The fourth-order valence-corrected chi connectivity index (χ4v) is 3.54. The molecule has 3 nitrogen and oxygen atoms in total. The van der Waals surface area contributed by atoms with Gasteiger partial charge < -0.3 is 10.6 Å². The summed E-state index contributed by atoms with van der Waals surface area (Å²) in [7, 11) is 2.00. The Morgan fingerprint density at radius 2 is 2.05 bits per heavy atom. The summed E-state index contributed by atoms with van der Waals surface area (Å²) >= 11 is 0. The predicted molar refractivity (Wildman–Crippen MR) is 85.5 cm³/mol. The average Bonchev–Trinajstić information content (AvgIpc) is 2.44. The van der Waals surface area contributed by atoms with Gasteiger partial charge in [0.05, 0.1) is 0 Å². The average molecular weight is 282 g/mol. The monoisotopic (exact) mass is 282 g/mol. The fraction of sp³-hybridized carbons (Fsp3) is 0.941. The molecule has 1 aliphatic carbocycles. The summed E-state index contributed by atoms with van der Waals surface area (Å²) in [6.07, 6.45) is 10.1. The van der Waals surface area contributed by atoms with Crippen LogP contribution >= 0.6 is 0 Å². The normalized spacial score (nSPS) is 24.4. The molecule has 0 radical (unpaired) electrons. The van der Waals surface area contributed by atoms with E-state index in [4.69, 9.17) is 5.73 Å². The zero-order valence-corrected chi connectivity index (χ0v) is 13.7. The molecule has 0 aromatic heterocycles. The molecule has 0 aromatic rings. The van der Waals surface area contributed by atoms with Gasteiger partial charge in [0.15, 0.2) is 0 Å². The van der Waals surface area contributed by atoms with Gasteiger partial charge in [0.25, 0.3) is 0 Å². The van der Waals surface area contributed by atoms with E-state index in [0.717, 1.165) is 25.3 Å². The summed E-state index contributed by atoms with van der Waals surface area (Å²) in [4.78, 5) is 14.4. The second-order valence-electron chi connectivity index (χ2n) is 6.70. The number of rotatable bonds is 8. The maximum absolute atomic E-state index is 12.4. The lowest BCUT2D eigenvalue weighted by molar-refractivity contribution is -0.133. The first-order valence-corrected chi connectivity index (χ1v) is 8.54. The van der Waals surface area contributed by atoms with E-state index in [1.54, 1.807) is 0 Å². The summed E-state index contributed by atoms with van der Waals surface area (Å²) in [6.45, 7) is 5.26. The van der Waals surface area contributed by atoms with E-state index in [0.29, 0.717) is 24.3 Å². The van der Waals surface area contributed by atoms with Gasteiger partial charge in [0, 0.05) is 19.5 Å². The minimum atomic E-state index is 0.335.